The molecule has 10 heteroatoms. The van der Waals surface area contributed by atoms with E-state index in [4.69, 9.17) is 9.47 Å². The van der Waals surface area contributed by atoms with E-state index in [1.54, 1.807) is 62.8 Å². The van der Waals surface area contributed by atoms with Gasteiger partial charge in [-0.1, -0.05) is 42.5 Å². The lowest BCUT2D eigenvalue weighted by Crippen LogP contribution is -2.43. The second-order valence-corrected chi connectivity index (χ2v) is 9.73. The summed E-state index contributed by atoms with van der Waals surface area (Å²) in [5.41, 5.74) is 3.74. The van der Waals surface area contributed by atoms with Crippen LogP contribution in [0.1, 0.15) is 35.6 Å². The smallest absolute Gasteiger partial charge is 0.323 e. The maximum atomic E-state index is 13.2. The molecule has 0 unspecified atom stereocenters. The molecule has 3 aromatic carbocycles. The van der Waals surface area contributed by atoms with Crippen molar-refractivity contribution in [2.24, 2.45) is 0 Å². The number of carbonyl (C=O) groups is 4. The Hall–Kier alpha value is -4.70. The zero-order valence-corrected chi connectivity index (χ0v) is 24.2. The van der Waals surface area contributed by atoms with Gasteiger partial charge in [0.05, 0.1) is 26.1 Å². The lowest BCUT2D eigenvalue weighted by atomic mass is 10.0. The van der Waals surface area contributed by atoms with Crippen LogP contribution in [-0.2, 0) is 25.5 Å². The summed E-state index contributed by atoms with van der Waals surface area (Å²) in [5.74, 6) is 0.0671. The molecule has 0 aliphatic rings. The van der Waals surface area contributed by atoms with E-state index in [1.165, 1.54) is 4.90 Å². The number of aldehydes is 1. The minimum atomic E-state index is -0.528. The molecule has 0 saturated heterocycles. The molecule has 42 heavy (non-hydrogen) atoms. The van der Waals surface area contributed by atoms with Crippen molar-refractivity contribution < 1.29 is 28.7 Å². The zero-order valence-electron chi connectivity index (χ0n) is 24.2. The number of para-hydroxylation sites is 1. The van der Waals surface area contributed by atoms with Crippen LogP contribution in [0.2, 0.25) is 0 Å². The number of methoxy groups -OCH3 is 2. The average molecular weight is 575 g/mol. The third-order valence-electron chi connectivity index (χ3n) is 6.61. The standard InChI is InChI=1S/C32H38N4O6/c1-23-7-4-5-8-28(23)35-32(40)33-26-13-9-24(10-14-26)21-31(39)36(18-6-20-41-2)22-30(38)34-29(17-19-37)25-11-15-27(42-3)16-12-25/h4-5,7-16,19,29H,6,17-18,20-22H2,1-3H3,(H,34,38)(H2,33,35,40)/t29-/m0/s1. The molecular weight excluding hydrogens is 536 g/mol. The molecule has 10 nitrogen and oxygen atoms in total. The number of urea groups is 1. The molecule has 3 aromatic rings. The fourth-order valence-electron chi connectivity index (χ4n) is 4.31. The van der Waals surface area contributed by atoms with Crippen molar-refractivity contribution in [3.05, 3.63) is 89.5 Å². The number of carbonyl (C=O) groups excluding carboxylic acids is 4. The Labute approximate surface area is 246 Å². The molecule has 4 amide bonds. The van der Waals surface area contributed by atoms with Crippen LogP contribution in [0.15, 0.2) is 72.8 Å². The van der Waals surface area contributed by atoms with Gasteiger partial charge >= 0.3 is 6.03 Å². The highest BCUT2D eigenvalue weighted by atomic mass is 16.5. The van der Waals surface area contributed by atoms with Crippen LogP contribution >= 0.6 is 0 Å². The summed E-state index contributed by atoms with van der Waals surface area (Å²) in [6.07, 6.45) is 1.48. The highest BCUT2D eigenvalue weighted by Crippen LogP contribution is 2.20. The number of amides is 4. The molecule has 3 rings (SSSR count). The van der Waals surface area contributed by atoms with E-state index in [0.717, 1.165) is 28.7 Å². The molecule has 3 N–H and O–H groups in total. The fourth-order valence-corrected chi connectivity index (χ4v) is 4.31. The van der Waals surface area contributed by atoms with Crippen molar-refractivity contribution in [3.63, 3.8) is 0 Å². The average Bonchev–Trinajstić information content (AvgIpc) is 2.98. The number of rotatable bonds is 15. The van der Waals surface area contributed by atoms with Crippen molar-refractivity contribution in [2.45, 2.75) is 32.2 Å². The van der Waals surface area contributed by atoms with Gasteiger partial charge in [-0.25, -0.2) is 4.79 Å². The van der Waals surface area contributed by atoms with E-state index < -0.39 is 6.04 Å². The Morgan fingerprint density at radius 2 is 1.64 bits per heavy atom. The van der Waals surface area contributed by atoms with E-state index in [0.29, 0.717) is 31.0 Å². The molecule has 0 bridgehead atoms. The summed E-state index contributed by atoms with van der Waals surface area (Å²) in [5, 5.41) is 8.48. The second-order valence-electron chi connectivity index (χ2n) is 9.73. The largest absolute Gasteiger partial charge is 0.497 e. The maximum absolute atomic E-state index is 13.2. The Morgan fingerprint density at radius 1 is 0.929 bits per heavy atom. The molecule has 0 saturated carbocycles. The molecule has 0 fully saturated rings. The van der Waals surface area contributed by atoms with Gasteiger partial charge in [0.2, 0.25) is 11.8 Å². The summed E-state index contributed by atoms with van der Waals surface area (Å²) in [6, 6.07) is 20.7. The number of nitrogens with zero attached hydrogens (tertiary/aromatic N) is 1. The van der Waals surface area contributed by atoms with Gasteiger partial charge < -0.3 is 35.1 Å². The predicted molar refractivity (Wildman–Crippen MR) is 162 cm³/mol. The zero-order chi connectivity index (χ0) is 30.3. The third-order valence-corrected chi connectivity index (χ3v) is 6.61. The number of nitrogens with one attached hydrogen (secondary N) is 3. The maximum Gasteiger partial charge on any atom is 0.323 e. The molecule has 0 aliphatic carbocycles. The first-order valence-electron chi connectivity index (χ1n) is 13.7. The number of anilines is 2. The van der Waals surface area contributed by atoms with Crippen LogP contribution in [-0.4, -0.2) is 62.9 Å². The molecule has 0 aromatic heterocycles. The first kappa shape index (κ1) is 31.8. The Morgan fingerprint density at radius 3 is 2.29 bits per heavy atom. The van der Waals surface area contributed by atoms with Crippen molar-refractivity contribution in [1.82, 2.24) is 10.2 Å². The SMILES string of the molecule is COCCCN(CC(=O)N[C@@H](CC=O)c1ccc(OC)cc1)C(=O)Cc1ccc(NC(=O)Nc2ccccc2C)cc1. The van der Waals surface area contributed by atoms with Crippen molar-refractivity contribution in [2.75, 3.05) is 44.5 Å². The summed E-state index contributed by atoms with van der Waals surface area (Å²) < 4.78 is 10.3. The summed E-state index contributed by atoms with van der Waals surface area (Å²) in [7, 11) is 3.14. The minimum Gasteiger partial charge on any atom is -0.497 e. The van der Waals surface area contributed by atoms with Crippen molar-refractivity contribution >= 4 is 35.5 Å². The Balaban J connectivity index is 1.60. The number of benzene rings is 3. The van der Waals surface area contributed by atoms with Gasteiger partial charge in [-0.2, -0.15) is 0 Å². The van der Waals surface area contributed by atoms with Gasteiger partial charge in [-0.15, -0.1) is 0 Å². The van der Waals surface area contributed by atoms with Gasteiger partial charge in [-0.3, -0.25) is 9.59 Å². The van der Waals surface area contributed by atoms with Gasteiger partial charge in [0.1, 0.15) is 12.0 Å². The van der Waals surface area contributed by atoms with Crippen LogP contribution in [0.25, 0.3) is 0 Å². The van der Waals surface area contributed by atoms with Gasteiger partial charge in [0.15, 0.2) is 0 Å². The van der Waals surface area contributed by atoms with Crippen LogP contribution in [0, 0.1) is 6.92 Å². The summed E-state index contributed by atoms with van der Waals surface area (Å²) >= 11 is 0. The van der Waals surface area contributed by atoms with E-state index in [2.05, 4.69) is 16.0 Å². The lowest BCUT2D eigenvalue weighted by molar-refractivity contribution is -0.136. The highest BCUT2D eigenvalue weighted by molar-refractivity contribution is 6.00. The minimum absolute atomic E-state index is 0.0756. The molecule has 222 valence electrons. The lowest BCUT2D eigenvalue weighted by Gasteiger charge is -2.24. The molecule has 0 aliphatic heterocycles. The number of hydrogen-bond donors (Lipinski definition) is 3. The predicted octanol–water partition coefficient (Wildman–Crippen LogP) is 4.50. The van der Waals surface area contributed by atoms with Crippen molar-refractivity contribution in [1.29, 1.82) is 0 Å². The molecule has 0 radical (unpaired) electrons. The summed E-state index contributed by atoms with van der Waals surface area (Å²) in [6.45, 7) is 2.52. The first-order valence-corrected chi connectivity index (χ1v) is 13.7. The number of aryl methyl sites for hydroxylation is 1. The Bertz CT molecular complexity index is 1330. The second kappa shape index (κ2) is 16.5. The molecule has 0 heterocycles. The van der Waals surface area contributed by atoms with Crippen LogP contribution in [0.5, 0.6) is 5.75 Å². The number of hydrogen-bond acceptors (Lipinski definition) is 6. The third kappa shape index (κ3) is 10.0. The van der Waals surface area contributed by atoms with E-state index in [-0.39, 0.29) is 37.2 Å². The van der Waals surface area contributed by atoms with E-state index >= 15 is 0 Å². The van der Waals surface area contributed by atoms with E-state index in [9.17, 15) is 19.2 Å². The van der Waals surface area contributed by atoms with E-state index in [1.807, 2.05) is 31.2 Å². The fraction of sp³-hybridized carbons (Fsp3) is 0.312. The quantitative estimate of drug-likeness (QED) is 0.181. The van der Waals surface area contributed by atoms with Crippen molar-refractivity contribution in [3.8, 4) is 5.75 Å². The van der Waals surface area contributed by atoms with Gasteiger partial charge in [0, 0.05) is 38.1 Å². The van der Waals surface area contributed by atoms with Crippen LogP contribution in [0.3, 0.4) is 0 Å². The Kier molecular flexibility index (Phi) is 12.5. The van der Waals surface area contributed by atoms with Crippen LogP contribution in [0.4, 0.5) is 16.2 Å². The molecule has 0 spiro atoms. The molecular formula is C32H38N4O6. The number of ether oxygens (including phenoxy) is 2. The molecule has 1 atom stereocenters. The first-order chi connectivity index (χ1) is 20.3. The monoisotopic (exact) mass is 574 g/mol. The highest BCUT2D eigenvalue weighted by Gasteiger charge is 2.21. The van der Waals surface area contributed by atoms with Gasteiger partial charge in [0.25, 0.3) is 0 Å². The van der Waals surface area contributed by atoms with Gasteiger partial charge in [-0.05, 0) is 60.4 Å². The van der Waals surface area contributed by atoms with Crippen LogP contribution < -0.4 is 20.7 Å². The summed E-state index contributed by atoms with van der Waals surface area (Å²) in [4.78, 5) is 51.4. The topological polar surface area (TPSA) is 126 Å². The normalized spacial score (nSPS) is 11.2.